The maximum Gasteiger partial charge on any atom is 0.416 e. The molecule has 28 heavy (non-hydrogen) atoms. The lowest BCUT2D eigenvalue weighted by molar-refractivity contribution is -0.384. The lowest BCUT2D eigenvalue weighted by Gasteiger charge is -2.10. The molecule has 0 aliphatic rings. The molecule has 0 aliphatic carbocycles. The highest BCUT2D eigenvalue weighted by Gasteiger charge is 2.30. The molecule has 0 aliphatic heterocycles. The number of non-ortho nitro benzene ring substituents is 1. The minimum Gasteiger partial charge on any atom is -0.366 e. The Morgan fingerprint density at radius 3 is 2.43 bits per heavy atom. The van der Waals surface area contributed by atoms with Crippen LogP contribution < -0.4 is 5.32 Å². The van der Waals surface area contributed by atoms with Crippen LogP contribution in [0.1, 0.15) is 11.1 Å². The first-order valence-corrected chi connectivity index (χ1v) is 8.29. The lowest BCUT2D eigenvalue weighted by atomic mass is 10.1. The van der Waals surface area contributed by atoms with E-state index in [1.54, 1.807) is 12.1 Å². The summed E-state index contributed by atoms with van der Waals surface area (Å²) < 4.78 is 38.7. The molecule has 0 saturated carbocycles. The minimum absolute atomic E-state index is 0.0272. The number of hydrogen-bond acceptors (Lipinski definition) is 5. The third-order valence-electron chi connectivity index (χ3n) is 3.76. The predicted octanol–water partition coefficient (Wildman–Crippen LogP) is 5.34. The lowest BCUT2D eigenvalue weighted by Crippen LogP contribution is -2.06. The summed E-state index contributed by atoms with van der Waals surface area (Å²) in [5.74, 6) is 0.357. The zero-order chi connectivity index (χ0) is 20.3. The fraction of sp³-hybridized carbons (Fsp3) is 0.111. The summed E-state index contributed by atoms with van der Waals surface area (Å²) in [6.07, 6.45) is -4.48. The van der Waals surface area contributed by atoms with Gasteiger partial charge in [0.1, 0.15) is 11.0 Å². The first kappa shape index (κ1) is 19.6. The van der Waals surface area contributed by atoms with Crippen LogP contribution in [-0.4, -0.2) is 14.9 Å². The molecule has 0 saturated heterocycles. The molecule has 0 spiro atoms. The second kappa shape index (κ2) is 7.81. The molecule has 10 heteroatoms. The number of nitro groups is 1. The third kappa shape index (κ3) is 4.74. The number of rotatable bonds is 5. The molecule has 0 bridgehead atoms. The Balaban J connectivity index is 1.81. The first-order chi connectivity index (χ1) is 13.2. The van der Waals surface area contributed by atoms with Gasteiger partial charge in [-0.15, -0.1) is 0 Å². The Hall–Kier alpha value is -3.20. The van der Waals surface area contributed by atoms with E-state index in [1.807, 2.05) is 0 Å². The van der Waals surface area contributed by atoms with Crippen LogP contribution >= 0.6 is 11.6 Å². The van der Waals surface area contributed by atoms with Crippen molar-refractivity contribution in [2.75, 3.05) is 5.32 Å². The Labute approximate surface area is 162 Å². The molecule has 3 rings (SSSR count). The van der Waals surface area contributed by atoms with E-state index in [0.717, 1.165) is 17.7 Å². The summed E-state index contributed by atoms with van der Waals surface area (Å²) in [6.45, 7) is 0.285. The second-order valence-electron chi connectivity index (χ2n) is 5.76. The molecule has 3 aromatic rings. The minimum atomic E-state index is -4.48. The number of halogens is 4. The molecular formula is C18H12ClF3N4O2. The van der Waals surface area contributed by atoms with Crippen molar-refractivity contribution in [2.45, 2.75) is 12.7 Å². The molecule has 6 nitrogen and oxygen atoms in total. The fourth-order valence-corrected chi connectivity index (χ4v) is 2.58. The van der Waals surface area contributed by atoms with Gasteiger partial charge in [-0.1, -0.05) is 35.9 Å². The molecule has 1 N–H and O–H groups in total. The van der Waals surface area contributed by atoms with E-state index in [-0.39, 0.29) is 28.8 Å². The smallest absolute Gasteiger partial charge is 0.366 e. The average molecular weight is 409 g/mol. The van der Waals surface area contributed by atoms with Crippen molar-refractivity contribution in [3.05, 3.63) is 81.0 Å². The molecule has 0 unspecified atom stereocenters. The van der Waals surface area contributed by atoms with E-state index in [0.29, 0.717) is 5.82 Å². The number of anilines is 1. The van der Waals surface area contributed by atoms with Gasteiger partial charge in [-0.25, -0.2) is 9.97 Å². The van der Waals surface area contributed by atoms with Crippen molar-refractivity contribution in [1.82, 2.24) is 9.97 Å². The van der Waals surface area contributed by atoms with E-state index < -0.39 is 16.7 Å². The maximum atomic E-state index is 12.9. The summed E-state index contributed by atoms with van der Waals surface area (Å²) in [4.78, 5) is 18.4. The van der Waals surface area contributed by atoms with E-state index in [9.17, 15) is 23.3 Å². The summed E-state index contributed by atoms with van der Waals surface area (Å²) in [6, 6.07) is 12.0. The van der Waals surface area contributed by atoms with E-state index in [4.69, 9.17) is 11.6 Å². The highest BCUT2D eigenvalue weighted by molar-refractivity contribution is 6.29. The largest absolute Gasteiger partial charge is 0.416 e. The standard InChI is InChI=1S/C18H12ClF3N4O2/c19-15-9-16(23-10-11-4-6-14(7-5-11)26(27)28)25-17(24-15)12-2-1-3-13(8-12)18(20,21)22/h1-9H,10H2,(H,23,24,25). The zero-order valence-corrected chi connectivity index (χ0v) is 14.8. The van der Waals surface area contributed by atoms with Crippen LogP contribution in [0.3, 0.4) is 0 Å². The van der Waals surface area contributed by atoms with Crippen LogP contribution in [0.25, 0.3) is 11.4 Å². The number of benzene rings is 2. The van der Waals surface area contributed by atoms with Crippen molar-refractivity contribution in [2.24, 2.45) is 0 Å². The van der Waals surface area contributed by atoms with Gasteiger partial charge in [-0.3, -0.25) is 10.1 Å². The monoisotopic (exact) mass is 408 g/mol. The van der Waals surface area contributed by atoms with E-state index in [1.165, 1.54) is 30.3 Å². The zero-order valence-electron chi connectivity index (χ0n) is 14.1. The Kier molecular flexibility index (Phi) is 5.46. The highest BCUT2D eigenvalue weighted by atomic mass is 35.5. The van der Waals surface area contributed by atoms with Gasteiger partial charge in [0, 0.05) is 30.3 Å². The van der Waals surface area contributed by atoms with Gasteiger partial charge in [0.05, 0.1) is 10.5 Å². The van der Waals surface area contributed by atoms with Crippen molar-refractivity contribution in [3.63, 3.8) is 0 Å². The molecule has 0 amide bonds. The predicted molar refractivity (Wildman–Crippen MR) is 97.9 cm³/mol. The summed E-state index contributed by atoms with van der Waals surface area (Å²) in [5, 5.41) is 13.7. The molecule has 0 radical (unpaired) electrons. The topological polar surface area (TPSA) is 81.0 Å². The van der Waals surface area contributed by atoms with Crippen LogP contribution in [0, 0.1) is 10.1 Å². The van der Waals surface area contributed by atoms with Crippen molar-refractivity contribution in [1.29, 1.82) is 0 Å². The highest BCUT2D eigenvalue weighted by Crippen LogP contribution is 2.32. The van der Waals surface area contributed by atoms with Gasteiger partial charge in [0.25, 0.3) is 5.69 Å². The SMILES string of the molecule is O=[N+]([O-])c1ccc(CNc2cc(Cl)nc(-c3cccc(C(F)(F)F)c3)n2)cc1. The molecular weight excluding hydrogens is 397 g/mol. The molecule has 0 atom stereocenters. The van der Waals surface area contributed by atoms with Crippen molar-refractivity contribution in [3.8, 4) is 11.4 Å². The van der Waals surface area contributed by atoms with Gasteiger partial charge < -0.3 is 5.32 Å². The third-order valence-corrected chi connectivity index (χ3v) is 3.96. The van der Waals surface area contributed by atoms with Gasteiger partial charge in [0.2, 0.25) is 0 Å². The van der Waals surface area contributed by atoms with Crippen molar-refractivity contribution < 1.29 is 18.1 Å². The normalized spacial score (nSPS) is 11.3. The van der Waals surface area contributed by atoms with Crippen LogP contribution in [0.15, 0.2) is 54.6 Å². The number of nitrogens with one attached hydrogen (secondary N) is 1. The average Bonchev–Trinajstić information content (AvgIpc) is 2.66. The molecule has 144 valence electrons. The first-order valence-electron chi connectivity index (χ1n) is 7.92. The molecule has 2 aromatic carbocycles. The summed E-state index contributed by atoms with van der Waals surface area (Å²) in [5.41, 5.74) is 0.0892. The maximum absolute atomic E-state index is 12.9. The van der Waals surface area contributed by atoms with Crippen LogP contribution in [0.4, 0.5) is 24.7 Å². The number of nitro benzene ring substituents is 1. The van der Waals surface area contributed by atoms with E-state index >= 15 is 0 Å². The second-order valence-corrected chi connectivity index (χ2v) is 6.14. The molecule has 1 heterocycles. The van der Waals surface area contributed by atoms with Crippen LogP contribution in [-0.2, 0) is 12.7 Å². The van der Waals surface area contributed by atoms with Crippen LogP contribution in [0.2, 0.25) is 5.15 Å². The summed E-state index contributed by atoms with van der Waals surface area (Å²) >= 11 is 5.98. The number of nitrogens with zero attached hydrogens (tertiary/aromatic N) is 3. The number of alkyl halides is 3. The Morgan fingerprint density at radius 1 is 1.07 bits per heavy atom. The van der Waals surface area contributed by atoms with Gasteiger partial charge in [-0.2, -0.15) is 13.2 Å². The molecule has 1 aromatic heterocycles. The van der Waals surface area contributed by atoms with E-state index in [2.05, 4.69) is 15.3 Å². The van der Waals surface area contributed by atoms with Gasteiger partial charge >= 0.3 is 6.18 Å². The van der Waals surface area contributed by atoms with Crippen LogP contribution in [0.5, 0.6) is 0 Å². The molecule has 0 fully saturated rings. The van der Waals surface area contributed by atoms with Gasteiger partial charge in [0.15, 0.2) is 5.82 Å². The van der Waals surface area contributed by atoms with Gasteiger partial charge in [-0.05, 0) is 17.7 Å². The van der Waals surface area contributed by atoms with Crippen molar-refractivity contribution >= 4 is 23.1 Å². The number of aromatic nitrogens is 2. The summed E-state index contributed by atoms with van der Waals surface area (Å²) in [7, 11) is 0. The number of hydrogen-bond donors (Lipinski definition) is 1. The Morgan fingerprint density at radius 2 is 1.79 bits per heavy atom. The quantitative estimate of drug-likeness (QED) is 0.350. The fourth-order valence-electron chi connectivity index (χ4n) is 2.40. The Bertz CT molecular complexity index is 1010.